The zero-order valence-corrected chi connectivity index (χ0v) is 16.2. The van der Waals surface area contributed by atoms with E-state index >= 15 is 0 Å². The Morgan fingerprint density at radius 3 is 2.31 bits per heavy atom. The maximum Gasteiger partial charge on any atom is 0.214 e. The van der Waals surface area contributed by atoms with Crippen molar-refractivity contribution in [2.45, 2.75) is 82.8 Å². The lowest BCUT2D eigenvalue weighted by Gasteiger charge is -2.34. The van der Waals surface area contributed by atoms with Gasteiger partial charge in [0.05, 0.1) is 19.1 Å². The first-order valence-corrected chi connectivity index (χ1v) is 10.4. The molecule has 2 atom stereocenters. The predicted molar refractivity (Wildman–Crippen MR) is 102 cm³/mol. The molecule has 5 nitrogen and oxygen atoms in total. The molecule has 0 radical (unpaired) electrons. The Morgan fingerprint density at radius 2 is 1.62 bits per heavy atom. The summed E-state index contributed by atoms with van der Waals surface area (Å²) in [4.78, 5) is 1.56. The number of quaternary nitrogens is 1. The summed E-state index contributed by atoms with van der Waals surface area (Å²) in [6.07, 6.45) is 11.8. The molecule has 2 aromatic rings. The highest BCUT2D eigenvalue weighted by molar-refractivity contribution is 5.26. The Hall–Kier alpha value is -1.75. The van der Waals surface area contributed by atoms with Crippen molar-refractivity contribution in [3.63, 3.8) is 0 Å². The topological polar surface area (TPSA) is 48.0 Å². The van der Waals surface area contributed by atoms with E-state index < -0.39 is 0 Å². The number of rotatable bonds is 5. The fourth-order valence-electron chi connectivity index (χ4n) is 4.97. The standard InChI is InChI=1S/C21H31N5/c1-16-12-14-17(15-13-16)20(25(2)18-8-4-3-5-9-18)21-22-23-24-26(21)19-10-6-7-11-19/h12-15,18-20H,3-11H2,1-2H3/p+1/t20-/m1/s1. The number of aromatic nitrogens is 4. The van der Waals surface area contributed by atoms with Crippen LogP contribution in [0.15, 0.2) is 24.3 Å². The van der Waals surface area contributed by atoms with Gasteiger partial charge in [0.2, 0.25) is 5.82 Å². The number of nitrogens with one attached hydrogen (secondary N) is 1. The van der Waals surface area contributed by atoms with Gasteiger partial charge in [0.1, 0.15) is 0 Å². The Kier molecular flexibility index (Phi) is 5.34. The van der Waals surface area contributed by atoms with Crippen molar-refractivity contribution in [2.24, 2.45) is 0 Å². The summed E-state index contributed by atoms with van der Waals surface area (Å²) in [6, 6.07) is 10.4. The van der Waals surface area contributed by atoms with Gasteiger partial charge in [-0.1, -0.05) is 49.1 Å². The minimum Gasteiger partial charge on any atom is -0.322 e. The van der Waals surface area contributed by atoms with Gasteiger partial charge in [-0.3, -0.25) is 0 Å². The molecule has 0 saturated heterocycles. The third kappa shape index (κ3) is 3.54. The Bertz CT molecular complexity index is 695. The number of nitrogens with zero attached hydrogens (tertiary/aromatic N) is 4. The second kappa shape index (κ2) is 7.87. The van der Waals surface area contributed by atoms with E-state index in [4.69, 9.17) is 0 Å². The smallest absolute Gasteiger partial charge is 0.214 e. The van der Waals surface area contributed by atoms with Gasteiger partial charge in [-0.25, -0.2) is 4.68 Å². The number of benzene rings is 1. The van der Waals surface area contributed by atoms with Crippen molar-refractivity contribution in [3.05, 3.63) is 41.2 Å². The minimum absolute atomic E-state index is 0.217. The molecule has 1 aromatic carbocycles. The largest absolute Gasteiger partial charge is 0.322 e. The monoisotopic (exact) mass is 354 g/mol. The van der Waals surface area contributed by atoms with Crippen molar-refractivity contribution in [1.82, 2.24) is 20.2 Å². The fourth-order valence-corrected chi connectivity index (χ4v) is 4.97. The molecule has 1 aromatic heterocycles. The third-order valence-corrected chi connectivity index (χ3v) is 6.56. The summed E-state index contributed by atoms with van der Waals surface area (Å²) < 4.78 is 2.16. The highest BCUT2D eigenvalue weighted by atomic mass is 15.6. The first kappa shape index (κ1) is 17.7. The summed E-state index contributed by atoms with van der Waals surface area (Å²) in [5, 5.41) is 13.1. The van der Waals surface area contributed by atoms with Crippen LogP contribution >= 0.6 is 0 Å². The molecule has 5 heteroatoms. The average Bonchev–Trinajstić information content (AvgIpc) is 3.35. The van der Waals surface area contributed by atoms with Gasteiger partial charge in [0, 0.05) is 5.56 Å². The molecule has 4 rings (SSSR count). The van der Waals surface area contributed by atoms with Crippen molar-refractivity contribution in [1.29, 1.82) is 0 Å². The van der Waals surface area contributed by atoms with Crippen LogP contribution in [-0.2, 0) is 0 Å². The van der Waals surface area contributed by atoms with Crippen LogP contribution in [0.25, 0.3) is 0 Å². The molecule has 0 bridgehead atoms. The average molecular weight is 355 g/mol. The van der Waals surface area contributed by atoms with E-state index in [0.29, 0.717) is 12.1 Å². The SMILES string of the molecule is Cc1ccc([C@H](c2nnnn2C2CCCC2)[NH+](C)C2CCCCC2)cc1. The number of hydrogen-bond acceptors (Lipinski definition) is 3. The lowest BCUT2D eigenvalue weighted by molar-refractivity contribution is -0.933. The molecule has 140 valence electrons. The van der Waals surface area contributed by atoms with E-state index in [2.05, 4.69) is 58.4 Å². The van der Waals surface area contributed by atoms with Crippen molar-refractivity contribution < 1.29 is 4.90 Å². The maximum atomic E-state index is 4.56. The van der Waals surface area contributed by atoms with Gasteiger partial charge in [0.15, 0.2) is 6.04 Å². The quantitative estimate of drug-likeness (QED) is 0.898. The number of hydrogen-bond donors (Lipinski definition) is 1. The molecular weight excluding hydrogens is 322 g/mol. The predicted octanol–water partition coefficient (Wildman–Crippen LogP) is 3.03. The van der Waals surface area contributed by atoms with Crippen molar-refractivity contribution in [3.8, 4) is 0 Å². The molecule has 1 N–H and O–H groups in total. The number of tetrazole rings is 1. The Balaban J connectivity index is 1.70. The Labute approximate surface area is 156 Å². The second-order valence-corrected chi connectivity index (χ2v) is 8.34. The van der Waals surface area contributed by atoms with E-state index in [-0.39, 0.29) is 6.04 Å². The van der Waals surface area contributed by atoms with Gasteiger partial charge in [-0.15, -0.1) is 5.10 Å². The number of aryl methyl sites for hydroxylation is 1. The second-order valence-electron chi connectivity index (χ2n) is 8.34. The van der Waals surface area contributed by atoms with Gasteiger partial charge < -0.3 is 4.90 Å². The maximum absolute atomic E-state index is 4.56. The minimum atomic E-state index is 0.217. The molecule has 2 aliphatic carbocycles. The highest BCUT2D eigenvalue weighted by Gasteiger charge is 2.36. The zero-order chi connectivity index (χ0) is 17.9. The molecule has 0 aliphatic heterocycles. The molecule has 1 unspecified atom stereocenters. The van der Waals surface area contributed by atoms with Crippen LogP contribution in [0.3, 0.4) is 0 Å². The molecule has 0 amide bonds. The van der Waals surface area contributed by atoms with E-state index in [1.807, 2.05) is 0 Å². The molecule has 2 saturated carbocycles. The summed E-state index contributed by atoms with van der Waals surface area (Å²) >= 11 is 0. The van der Waals surface area contributed by atoms with Crippen LogP contribution in [0.2, 0.25) is 0 Å². The van der Waals surface area contributed by atoms with Gasteiger partial charge in [-0.2, -0.15) is 0 Å². The lowest BCUT2D eigenvalue weighted by atomic mass is 9.92. The Morgan fingerprint density at radius 1 is 0.962 bits per heavy atom. The lowest BCUT2D eigenvalue weighted by Crippen LogP contribution is -3.13. The van der Waals surface area contributed by atoms with Crippen molar-refractivity contribution >= 4 is 0 Å². The summed E-state index contributed by atoms with van der Waals surface area (Å²) in [7, 11) is 2.36. The molecule has 1 heterocycles. The molecule has 0 spiro atoms. The van der Waals surface area contributed by atoms with E-state index in [1.54, 1.807) is 4.90 Å². The third-order valence-electron chi connectivity index (χ3n) is 6.56. The normalized spacial score (nSPS) is 21.8. The van der Waals surface area contributed by atoms with Crippen LogP contribution < -0.4 is 4.90 Å². The van der Waals surface area contributed by atoms with Crippen LogP contribution in [0.1, 0.15) is 86.8 Å². The molecule has 2 fully saturated rings. The van der Waals surface area contributed by atoms with Gasteiger partial charge in [-0.05, 0) is 55.9 Å². The first-order valence-electron chi connectivity index (χ1n) is 10.4. The van der Waals surface area contributed by atoms with Gasteiger partial charge in [0.25, 0.3) is 0 Å². The molecule has 2 aliphatic rings. The van der Waals surface area contributed by atoms with Crippen LogP contribution in [0, 0.1) is 6.92 Å². The van der Waals surface area contributed by atoms with E-state index in [9.17, 15) is 0 Å². The van der Waals surface area contributed by atoms with E-state index in [1.165, 1.54) is 68.9 Å². The van der Waals surface area contributed by atoms with Crippen LogP contribution in [0.5, 0.6) is 0 Å². The van der Waals surface area contributed by atoms with Gasteiger partial charge >= 0.3 is 0 Å². The summed E-state index contributed by atoms with van der Waals surface area (Å²) in [5.74, 6) is 1.06. The summed E-state index contributed by atoms with van der Waals surface area (Å²) in [5.41, 5.74) is 2.64. The summed E-state index contributed by atoms with van der Waals surface area (Å²) in [6.45, 7) is 2.15. The highest BCUT2D eigenvalue weighted by Crippen LogP contribution is 2.31. The van der Waals surface area contributed by atoms with Crippen LogP contribution in [-0.4, -0.2) is 33.3 Å². The fraction of sp³-hybridized carbons (Fsp3) is 0.667. The zero-order valence-electron chi connectivity index (χ0n) is 16.2. The van der Waals surface area contributed by atoms with E-state index in [0.717, 1.165) is 5.82 Å². The molecule has 26 heavy (non-hydrogen) atoms. The van der Waals surface area contributed by atoms with Crippen LogP contribution in [0.4, 0.5) is 0 Å². The first-order chi connectivity index (χ1) is 12.7. The molecular formula is C21H32N5+. The van der Waals surface area contributed by atoms with Crippen molar-refractivity contribution in [2.75, 3.05) is 7.05 Å².